The van der Waals surface area contributed by atoms with Crippen LogP contribution in [0.15, 0.2) is 47.1 Å². The van der Waals surface area contributed by atoms with Crippen molar-refractivity contribution in [2.24, 2.45) is 0 Å². The molecule has 0 spiro atoms. The van der Waals surface area contributed by atoms with E-state index in [1.165, 1.54) is 11.3 Å². The molecule has 2 nitrogen and oxygen atoms in total. The molecule has 1 atom stereocenters. The number of aromatic nitrogens is 1. The van der Waals surface area contributed by atoms with E-state index in [9.17, 15) is 0 Å². The van der Waals surface area contributed by atoms with Crippen LogP contribution in [0.3, 0.4) is 0 Å². The SMILES string of the molecule is CCn1cccc1CNC(C)c1ccccc1Br. The Labute approximate surface area is 117 Å². The molecule has 0 fully saturated rings. The van der Waals surface area contributed by atoms with Gasteiger partial charge in [0.25, 0.3) is 0 Å². The van der Waals surface area contributed by atoms with Crippen molar-refractivity contribution < 1.29 is 0 Å². The van der Waals surface area contributed by atoms with Crippen LogP contribution in [0.25, 0.3) is 0 Å². The normalized spacial score (nSPS) is 12.6. The number of benzene rings is 1. The Morgan fingerprint density at radius 2 is 2.00 bits per heavy atom. The van der Waals surface area contributed by atoms with Gasteiger partial charge in [-0.05, 0) is 37.6 Å². The third kappa shape index (κ3) is 3.03. The van der Waals surface area contributed by atoms with Crippen molar-refractivity contribution in [3.05, 3.63) is 58.3 Å². The Hall–Kier alpha value is -1.06. The number of hydrogen-bond donors (Lipinski definition) is 1. The van der Waals surface area contributed by atoms with Crippen molar-refractivity contribution in [1.29, 1.82) is 0 Å². The first kappa shape index (κ1) is 13.4. The van der Waals surface area contributed by atoms with Crippen LogP contribution in [0.5, 0.6) is 0 Å². The molecule has 0 saturated heterocycles. The smallest absolute Gasteiger partial charge is 0.0364 e. The summed E-state index contributed by atoms with van der Waals surface area (Å²) >= 11 is 3.60. The highest BCUT2D eigenvalue weighted by Crippen LogP contribution is 2.22. The molecule has 1 heterocycles. The van der Waals surface area contributed by atoms with Gasteiger partial charge in [0.15, 0.2) is 0 Å². The molecule has 1 aromatic heterocycles. The molecule has 0 saturated carbocycles. The van der Waals surface area contributed by atoms with Crippen LogP contribution in [0.4, 0.5) is 0 Å². The number of nitrogens with zero attached hydrogens (tertiary/aromatic N) is 1. The first-order valence-electron chi connectivity index (χ1n) is 6.34. The van der Waals surface area contributed by atoms with Gasteiger partial charge in [-0.15, -0.1) is 0 Å². The highest BCUT2D eigenvalue weighted by atomic mass is 79.9. The molecule has 3 heteroatoms. The predicted molar refractivity (Wildman–Crippen MR) is 79.5 cm³/mol. The van der Waals surface area contributed by atoms with Gasteiger partial charge in [0.1, 0.15) is 0 Å². The molecule has 0 bridgehead atoms. The summed E-state index contributed by atoms with van der Waals surface area (Å²) in [4.78, 5) is 0. The zero-order valence-electron chi connectivity index (χ0n) is 10.9. The van der Waals surface area contributed by atoms with E-state index in [4.69, 9.17) is 0 Å². The van der Waals surface area contributed by atoms with Crippen LogP contribution in [-0.4, -0.2) is 4.57 Å². The summed E-state index contributed by atoms with van der Waals surface area (Å²) in [6, 6.07) is 13.0. The molecular weight excluding hydrogens is 288 g/mol. The quantitative estimate of drug-likeness (QED) is 0.879. The Morgan fingerprint density at radius 3 is 2.72 bits per heavy atom. The number of rotatable bonds is 5. The monoisotopic (exact) mass is 306 g/mol. The van der Waals surface area contributed by atoms with Gasteiger partial charge in [0, 0.05) is 35.5 Å². The average Bonchev–Trinajstić information content (AvgIpc) is 2.84. The molecule has 18 heavy (non-hydrogen) atoms. The maximum absolute atomic E-state index is 3.60. The van der Waals surface area contributed by atoms with E-state index in [0.717, 1.165) is 17.6 Å². The van der Waals surface area contributed by atoms with Crippen molar-refractivity contribution in [2.45, 2.75) is 33.0 Å². The highest BCUT2D eigenvalue weighted by molar-refractivity contribution is 9.10. The number of hydrogen-bond acceptors (Lipinski definition) is 1. The zero-order valence-corrected chi connectivity index (χ0v) is 12.4. The van der Waals surface area contributed by atoms with E-state index < -0.39 is 0 Å². The second-order valence-corrected chi connectivity index (χ2v) is 5.26. The first-order valence-corrected chi connectivity index (χ1v) is 7.13. The fraction of sp³-hybridized carbons (Fsp3) is 0.333. The molecule has 96 valence electrons. The summed E-state index contributed by atoms with van der Waals surface area (Å²) in [7, 11) is 0. The molecule has 0 aliphatic rings. The van der Waals surface area contributed by atoms with Gasteiger partial charge < -0.3 is 9.88 Å². The second kappa shape index (κ2) is 6.21. The summed E-state index contributed by atoms with van der Waals surface area (Å²) in [6.07, 6.45) is 2.13. The van der Waals surface area contributed by atoms with Crippen LogP contribution < -0.4 is 5.32 Å². The highest BCUT2D eigenvalue weighted by Gasteiger charge is 2.08. The average molecular weight is 307 g/mol. The third-order valence-electron chi connectivity index (χ3n) is 3.23. The standard InChI is InChI=1S/C15H19BrN2/c1-3-18-10-6-7-13(18)11-17-12(2)14-8-4-5-9-15(14)16/h4-10,12,17H,3,11H2,1-2H3. The van der Waals surface area contributed by atoms with Crippen molar-refractivity contribution >= 4 is 15.9 Å². The molecule has 0 amide bonds. The predicted octanol–water partition coefficient (Wildman–Crippen LogP) is 4.12. The maximum atomic E-state index is 3.60. The lowest BCUT2D eigenvalue weighted by Gasteiger charge is -2.16. The number of halogens is 1. The minimum atomic E-state index is 0.334. The molecule has 0 aliphatic carbocycles. The van der Waals surface area contributed by atoms with Crippen molar-refractivity contribution in [1.82, 2.24) is 9.88 Å². The van der Waals surface area contributed by atoms with Crippen molar-refractivity contribution in [3.8, 4) is 0 Å². The minimum Gasteiger partial charge on any atom is -0.351 e. The van der Waals surface area contributed by atoms with Crippen molar-refractivity contribution in [2.75, 3.05) is 0 Å². The van der Waals surface area contributed by atoms with Gasteiger partial charge in [0.05, 0.1) is 0 Å². The lowest BCUT2D eigenvalue weighted by molar-refractivity contribution is 0.548. The molecule has 1 unspecified atom stereocenters. The van der Waals surface area contributed by atoms with Gasteiger partial charge >= 0.3 is 0 Å². The topological polar surface area (TPSA) is 17.0 Å². The fourth-order valence-electron chi connectivity index (χ4n) is 2.11. The van der Waals surface area contributed by atoms with Crippen LogP contribution in [0.2, 0.25) is 0 Å². The first-order chi connectivity index (χ1) is 8.72. The van der Waals surface area contributed by atoms with E-state index in [1.807, 2.05) is 6.07 Å². The van der Waals surface area contributed by atoms with Crippen LogP contribution >= 0.6 is 15.9 Å². The van der Waals surface area contributed by atoms with Crippen LogP contribution in [0.1, 0.15) is 31.1 Å². The van der Waals surface area contributed by atoms with Gasteiger partial charge in [-0.3, -0.25) is 0 Å². The Balaban J connectivity index is 2.01. The lowest BCUT2D eigenvalue weighted by atomic mass is 10.1. The Bertz CT molecular complexity index is 505. The van der Waals surface area contributed by atoms with E-state index >= 15 is 0 Å². The van der Waals surface area contributed by atoms with E-state index in [1.54, 1.807) is 0 Å². The van der Waals surface area contributed by atoms with Gasteiger partial charge in [-0.2, -0.15) is 0 Å². The number of nitrogens with one attached hydrogen (secondary N) is 1. The summed E-state index contributed by atoms with van der Waals surface area (Å²) in [5, 5.41) is 3.57. The molecule has 2 rings (SSSR count). The second-order valence-electron chi connectivity index (χ2n) is 4.41. The molecule has 0 aliphatic heterocycles. The zero-order chi connectivity index (χ0) is 13.0. The van der Waals surface area contributed by atoms with E-state index in [-0.39, 0.29) is 0 Å². The summed E-state index contributed by atoms with van der Waals surface area (Å²) < 4.78 is 3.43. The van der Waals surface area contributed by atoms with Crippen LogP contribution in [0, 0.1) is 0 Å². The molecule has 2 aromatic rings. The van der Waals surface area contributed by atoms with Gasteiger partial charge in [-0.25, -0.2) is 0 Å². The molecule has 1 N–H and O–H groups in total. The fourth-order valence-corrected chi connectivity index (χ4v) is 2.74. The van der Waals surface area contributed by atoms with Crippen molar-refractivity contribution in [3.63, 3.8) is 0 Å². The summed E-state index contributed by atoms with van der Waals surface area (Å²) in [5.74, 6) is 0. The Morgan fingerprint density at radius 1 is 1.22 bits per heavy atom. The van der Waals surface area contributed by atoms with E-state index in [2.05, 4.69) is 76.2 Å². The Kier molecular flexibility index (Phi) is 4.61. The lowest BCUT2D eigenvalue weighted by Crippen LogP contribution is -2.20. The minimum absolute atomic E-state index is 0.334. The largest absolute Gasteiger partial charge is 0.351 e. The third-order valence-corrected chi connectivity index (χ3v) is 3.95. The maximum Gasteiger partial charge on any atom is 0.0364 e. The number of aryl methyl sites for hydroxylation is 1. The van der Waals surface area contributed by atoms with Crippen LogP contribution in [-0.2, 0) is 13.1 Å². The summed E-state index contributed by atoms with van der Waals surface area (Å²) in [6.45, 7) is 6.27. The van der Waals surface area contributed by atoms with Gasteiger partial charge in [-0.1, -0.05) is 34.1 Å². The van der Waals surface area contributed by atoms with Gasteiger partial charge in [0.2, 0.25) is 0 Å². The molecular formula is C15H19BrN2. The molecule has 1 aromatic carbocycles. The van der Waals surface area contributed by atoms with E-state index in [0.29, 0.717) is 6.04 Å². The summed E-state index contributed by atoms with van der Waals surface area (Å²) in [5.41, 5.74) is 2.63. The molecule has 0 radical (unpaired) electrons.